The van der Waals surface area contributed by atoms with Gasteiger partial charge >= 0.3 is 0 Å². The highest BCUT2D eigenvalue weighted by molar-refractivity contribution is 5.93. The normalized spacial score (nSPS) is 14.9. The number of hydrogen-bond acceptors (Lipinski definition) is 8. The van der Waals surface area contributed by atoms with Gasteiger partial charge in [-0.1, -0.05) is 24.3 Å². The second-order valence-corrected chi connectivity index (χ2v) is 8.60. The van der Waals surface area contributed by atoms with Crippen LogP contribution in [-0.2, 0) is 4.79 Å². The molecule has 6 N–H and O–H groups in total. The molecule has 5 rings (SSSR count). The summed E-state index contributed by atoms with van der Waals surface area (Å²) < 4.78 is 5.75. The Morgan fingerprint density at radius 1 is 1.14 bits per heavy atom. The molecule has 3 aromatic carbocycles. The molecule has 1 atom stereocenters. The highest BCUT2D eigenvalue weighted by Gasteiger charge is 2.17. The molecule has 1 unspecified atom stereocenters. The van der Waals surface area contributed by atoms with Gasteiger partial charge in [0, 0.05) is 46.7 Å². The molecule has 0 bridgehead atoms. The molecule has 36 heavy (non-hydrogen) atoms. The molecule has 4 aromatic rings. The summed E-state index contributed by atoms with van der Waals surface area (Å²) >= 11 is 0. The highest BCUT2D eigenvalue weighted by Crippen LogP contribution is 2.29. The van der Waals surface area contributed by atoms with E-state index in [-0.39, 0.29) is 18.6 Å². The van der Waals surface area contributed by atoms with Crippen LogP contribution in [0.4, 0.5) is 17.2 Å². The van der Waals surface area contributed by atoms with Crippen molar-refractivity contribution in [2.45, 2.75) is 12.5 Å². The van der Waals surface area contributed by atoms with Crippen molar-refractivity contribution in [3.8, 4) is 17.1 Å². The summed E-state index contributed by atoms with van der Waals surface area (Å²) in [7, 11) is 0. The van der Waals surface area contributed by atoms with Gasteiger partial charge in [0.05, 0.1) is 5.52 Å². The van der Waals surface area contributed by atoms with Gasteiger partial charge in [-0.05, 0) is 55.4 Å². The van der Waals surface area contributed by atoms with Crippen molar-refractivity contribution in [3.05, 3.63) is 72.3 Å². The van der Waals surface area contributed by atoms with Crippen molar-refractivity contribution in [1.82, 2.24) is 20.6 Å². The van der Waals surface area contributed by atoms with Crippen molar-refractivity contribution in [3.63, 3.8) is 0 Å². The van der Waals surface area contributed by atoms with E-state index < -0.39 is 0 Å². The van der Waals surface area contributed by atoms with Crippen LogP contribution in [-0.4, -0.2) is 47.8 Å². The molecule has 2 heterocycles. The Hall–Kier alpha value is -4.50. The molecule has 1 amide bonds. The van der Waals surface area contributed by atoms with E-state index in [0.717, 1.165) is 41.7 Å². The molecule has 0 spiro atoms. The van der Waals surface area contributed by atoms with Crippen molar-refractivity contribution in [2.24, 2.45) is 0 Å². The zero-order valence-corrected chi connectivity index (χ0v) is 19.6. The number of carbonyl (C=O) groups excluding carboxylic acids is 1. The van der Waals surface area contributed by atoms with Crippen LogP contribution in [0.25, 0.3) is 22.3 Å². The number of carbonyl (C=O) groups is 1. The van der Waals surface area contributed by atoms with Crippen LogP contribution in [0.5, 0.6) is 5.75 Å². The third-order valence-electron chi connectivity index (χ3n) is 6.00. The van der Waals surface area contributed by atoms with Crippen LogP contribution in [0.2, 0.25) is 0 Å². The number of nitrogens with one attached hydrogen (secondary N) is 4. The number of nitrogen functional groups attached to an aromatic ring is 1. The number of ether oxygens (including phenoxy) is 1. The number of fused-ring (bicyclic) bond motifs is 1. The van der Waals surface area contributed by atoms with Gasteiger partial charge in [-0.15, -0.1) is 0 Å². The number of benzene rings is 3. The first-order chi connectivity index (χ1) is 17.6. The lowest BCUT2D eigenvalue weighted by atomic mass is 10.1. The second-order valence-electron chi connectivity index (χ2n) is 8.60. The van der Waals surface area contributed by atoms with Gasteiger partial charge in [0.15, 0.2) is 12.4 Å². The summed E-state index contributed by atoms with van der Waals surface area (Å²) in [6, 6.07) is 20.7. The Balaban J connectivity index is 1.40. The van der Waals surface area contributed by atoms with Crippen LogP contribution in [0.15, 0.2) is 66.7 Å². The molecular formula is C27H27N7O2. The van der Waals surface area contributed by atoms with Crippen molar-refractivity contribution >= 4 is 40.2 Å². The van der Waals surface area contributed by atoms with Gasteiger partial charge in [0.2, 0.25) is 0 Å². The lowest BCUT2D eigenvalue weighted by Gasteiger charge is -2.13. The quantitative estimate of drug-likeness (QED) is 0.192. The van der Waals surface area contributed by atoms with Crippen molar-refractivity contribution < 1.29 is 9.53 Å². The van der Waals surface area contributed by atoms with Gasteiger partial charge in [-0.3, -0.25) is 4.79 Å². The number of nitrogens with two attached hydrogens (primary N) is 1. The summed E-state index contributed by atoms with van der Waals surface area (Å²) in [5, 5.41) is 18.0. The van der Waals surface area contributed by atoms with Crippen LogP contribution < -0.4 is 26.4 Å². The maximum atomic E-state index is 12.2. The maximum absolute atomic E-state index is 12.2. The Morgan fingerprint density at radius 3 is 2.86 bits per heavy atom. The van der Waals surface area contributed by atoms with E-state index in [4.69, 9.17) is 25.8 Å². The number of nitrogens with zero attached hydrogens (tertiary/aromatic N) is 2. The minimum atomic E-state index is -0.143. The Morgan fingerprint density at radius 2 is 2.03 bits per heavy atom. The molecule has 0 radical (unpaired) electrons. The lowest BCUT2D eigenvalue weighted by molar-refractivity contribution is -0.123. The average molecular weight is 482 g/mol. The molecule has 1 saturated heterocycles. The van der Waals surface area contributed by atoms with E-state index >= 15 is 0 Å². The number of hydrogen-bond donors (Lipinski definition) is 5. The summed E-state index contributed by atoms with van der Waals surface area (Å²) in [4.78, 5) is 21.8. The van der Waals surface area contributed by atoms with E-state index in [1.807, 2.05) is 48.5 Å². The Kier molecular flexibility index (Phi) is 6.72. The number of amides is 1. The fourth-order valence-electron chi connectivity index (χ4n) is 4.14. The van der Waals surface area contributed by atoms with E-state index in [9.17, 15) is 4.79 Å². The zero-order chi connectivity index (χ0) is 24.9. The second kappa shape index (κ2) is 10.4. The molecule has 1 aromatic heterocycles. The predicted molar refractivity (Wildman–Crippen MR) is 142 cm³/mol. The number of rotatable bonds is 8. The van der Waals surface area contributed by atoms with Crippen LogP contribution >= 0.6 is 0 Å². The molecule has 0 aliphatic carbocycles. The number of para-hydroxylation sites is 1. The summed E-state index contributed by atoms with van der Waals surface area (Å²) in [6.45, 7) is 1.65. The first kappa shape index (κ1) is 23.3. The minimum absolute atomic E-state index is 0.0577. The molecule has 1 fully saturated rings. The molecule has 0 saturated carbocycles. The van der Waals surface area contributed by atoms with E-state index in [1.165, 1.54) is 6.21 Å². The Labute approximate surface area is 208 Å². The van der Waals surface area contributed by atoms with Gasteiger partial charge < -0.3 is 31.8 Å². The van der Waals surface area contributed by atoms with Crippen LogP contribution in [0.1, 0.15) is 12.0 Å². The molecule has 9 heteroatoms. The van der Waals surface area contributed by atoms with E-state index in [0.29, 0.717) is 28.6 Å². The highest BCUT2D eigenvalue weighted by atomic mass is 16.5. The molecule has 9 nitrogen and oxygen atoms in total. The van der Waals surface area contributed by atoms with E-state index in [2.05, 4.69) is 16.0 Å². The standard InChI is InChI=1S/C27H27N7O2/c28-14-18-12-19(8-9-23(18)29)32-27-22-6-1-2-7-24(22)33-26(34-27)17-4-3-5-21(13-17)36-16-25(35)31-20-10-11-30-15-20/h1-9,12-14,20,28,30H,10-11,15-16,29H2,(H,31,35)(H,32,33,34). The predicted octanol–water partition coefficient (Wildman–Crippen LogP) is 3.48. The molecule has 1 aliphatic rings. The third kappa shape index (κ3) is 5.26. The van der Waals surface area contributed by atoms with Crippen LogP contribution in [0.3, 0.4) is 0 Å². The molecule has 1 aliphatic heterocycles. The lowest BCUT2D eigenvalue weighted by Crippen LogP contribution is -2.39. The van der Waals surface area contributed by atoms with E-state index in [1.54, 1.807) is 18.2 Å². The SMILES string of the molecule is N=Cc1cc(Nc2nc(-c3cccc(OCC(=O)NC4CCNC4)c3)nc3ccccc23)ccc1N. The fraction of sp³-hybridized carbons (Fsp3) is 0.185. The third-order valence-corrected chi connectivity index (χ3v) is 6.00. The molecular weight excluding hydrogens is 454 g/mol. The number of aromatic nitrogens is 2. The molecule has 182 valence electrons. The van der Waals surface area contributed by atoms with Crippen molar-refractivity contribution in [1.29, 1.82) is 5.41 Å². The minimum Gasteiger partial charge on any atom is -0.484 e. The zero-order valence-electron chi connectivity index (χ0n) is 19.6. The first-order valence-corrected chi connectivity index (χ1v) is 11.8. The Bertz CT molecular complexity index is 1420. The van der Waals surface area contributed by atoms with Gasteiger partial charge in [0.25, 0.3) is 5.91 Å². The van der Waals surface area contributed by atoms with Gasteiger partial charge in [-0.25, -0.2) is 9.97 Å². The van der Waals surface area contributed by atoms with Crippen molar-refractivity contribution in [2.75, 3.05) is 30.7 Å². The first-order valence-electron chi connectivity index (χ1n) is 11.8. The topological polar surface area (TPSA) is 138 Å². The number of anilines is 3. The van der Waals surface area contributed by atoms with Gasteiger partial charge in [0.1, 0.15) is 11.6 Å². The largest absolute Gasteiger partial charge is 0.484 e. The summed E-state index contributed by atoms with van der Waals surface area (Å²) in [6.07, 6.45) is 2.15. The smallest absolute Gasteiger partial charge is 0.258 e. The maximum Gasteiger partial charge on any atom is 0.258 e. The summed E-state index contributed by atoms with van der Waals surface area (Å²) in [5.41, 5.74) is 9.40. The summed E-state index contributed by atoms with van der Waals surface area (Å²) in [5.74, 6) is 1.57. The monoisotopic (exact) mass is 481 g/mol. The fourth-order valence-corrected chi connectivity index (χ4v) is 4.14. The van der Waals surface area contributed by atoms with Gasteiger partial charge in [-0.2, -0.15) is 0 Å². The van der Waals surface area contributed by atoms with Crippen LogP contribution in [0, 0.1) is 5.41 Å². The average Bonchev–Trinajstić information content (AvgIpc) is 3.41.